The average molecular weight is 543 g/mol. The van der Waals surface area contributed by atoms with Crippen molar-refractivity contribution in [1.29, 1.82) is 0 Å². The molecule has 1 unspecified atom stereocenters. The second-order valence-electron chi connectivity index (χ2n) is 10.1. The van der Waals surface area contributed by atoms with Crippen molar-refractivity contribution in [3.63, 3.8) is 0 Å². The molecule has 2 aliphatic rings. The van der Waals surface area contributed by atoms with Crippen LogP contribution in [0.3, 0.4) is 0 Å². The van der Waals surface area contributed by atoms with Crippen molar-refractivity contribution in [2.24, 2.45) is 5.92 Å². The van der Waals surface area contributed by atoms with E-state index in [-0.39, 0.29) is 11.9 Å². The van der Waals surface area contributed by atoms with Gasteiger partial charge in [-0.05, 0) is 79.9 Å². The number of aromatic nitrogens is 1. The number of likely N-dealkylation sites (tertiary alicyclic amines) is 2. The van der Waals surface area contributed by atoms with Crippen LogP contribution in [-0.2, 0) is 11.3 Å². The summed E-state index contributed by atoms with van der Waals surface area (Å²) in [6.45, 7) is 3.00. The Balaban J connectivity index is 1.13. The molecule has 2 aliphatic heterocycles. The van der Waals surface area contributed by atoms with E-state index in [2.05, 4.69) is 39.6 Å². The van der Waals surface area contributed by atoms with Crippen molar-refractivity contribution in [1.82, 2.24) is 20.1 Å². The molecule has 0 radical (unpaired) electrons. The number of aromatic amines is 1. The smallest absolute Gasteiger partial charge is 0.321 e. The van der Waals surface area contributed by atoms with Crippen molar-refractivity contribution in [2.75, 3.05) is 26.2 Å². The molecule has 3 heterocycles. The van der Waals surface area contributed by atoms with Crippen molar-refractivity contribution >= 4 is 46.1 Å². The van der Waals surface area contributed by atoms with Gasteiger partial charge in [0.05, 0.1) is 10.0 Å². The number of amides is 2. The van der Waals surface area contributed by atoms with Gasteiger partial charge in [-0.3, -0.25) is 9.69 Å². The highest BCUT2D eigenvalue weighted by atomic mass is 35.5. The Bertz CT molecular complexity index is 1260. The van der Waals surface area contributed by atoms with Crippen LogP contribution in [0.4, 0.5) is 4.79 Å². The number of rotatable bonds is 6. The number of aliphatic carboxylic acids is 1. The predicted octanol–water partition coefficient (Wildman–Crippen LogP) is 5.73. The first-order chi connectivity index (χ1) is 17.9. The van der Waals surface area contributed by atoms with Crippen LogP contribution in [0, 0.1) is 5.92 Å². The number of nitrogens with one attached hydrogen (secondary N) is 2. The summed E-state index contributed by atoms with van der Waals surface area (Å²) in [5.74, 6) is -0.294. The first-order valence-electron chi connectivity index (χ1n) is 12.9. The molecular weight excluding hydrogens is 511 g/mol. The molecule has 0 spiro atoms. The lowest BCUT2D eigenvalue weighted by Gasteiger charge is -2.41. The summed E-state index contributed by atoms with van der Waals surface area (Å²) in [4.78, 5) is 32.3. The van der Waals surface area contributed by atoms with Crippen molar-refractivity contribution in [3.05, 3.63) is 69.8 Å². The third-order valence-electron chi connectivity index (χ3n) is 7.94. The van der Waals surface area contributed by atoms with Gasteiger partial charge in [0.2, 0.25) is 0 Å². The van der Waals surface area contributed by atoms with E-state index >= 15 is 0 Å². The van der Waals surface area contributed by atoms with E-state index in [1.54, 1.807) is 17.0 Å². The molecule has 0 saturated carbocycles. The highest BCUT2D eigenvalue weighted by Gasteiger charge is 2.38. The van der Waals surface area contributed by atoms with Crippen LogP contribution in [0.5, 0.6) is 0 Å². The SMILES string of the molecule is O=C(O)C(C1CCN(C(=O)NCc2ccc(Cl)c(Cl)c2)CC1)N1CCC(c2c[nH]c3ccccc23)CC1. The summed E-state index contributed by atoms with van der Waals surface area (Å²) >= 11 is 12.0. The average Bonchev–Trinajstić information content (AvgIpc) is 3.34. The molecule has 37 heavy (non-hydrogen) atoms. The molecule has 1 atom stereocenters. The van der Waals surface area contributed by atoms with Gasteiger partial charge in [0.15, 0.2) is 0 Å². The number of nitrogens with zero attached hydrogens (tertiary/aromatic N) is 2. The fourth-order valence-electron chi connectivity index (χ4n) is 5.93. The third kappa shape index (κ3) is 5.74. The highest BCUT2D eigenvalue weighted by molar-refractivity contribution is 6.42. The lowest BCUT2D eigenvalue weighted by Crippen LogP contribution is -2.53. The van der Waals surface area contributed by atoms with Crippen LogP contribution in [-0.4, -0.2) is 64.1 Å². The van der Waals surface area contributed by atoms with Crippen LogP contribution in [0.2, 0.25) is 10.0 Å². The minimum Gasteiger partial charge on any atom is -0.480 e. The second kappa shape index (κ2) is 11.3. The first kappa shape index (κ1) is 25.9. The topological polar surface area (TPSA) is 88.7 Å². The van der Waals surface area contributed by atoms with Crippen LogP contribution in [0.15, 0.2) is 48.7 Å². The monoisotopic (exact) mass is 542 g/mol. The fraction of sp³-hybridized carbons (Fsp3) is 0.429. The molecule has 2 amide bonds. The summed E-state index contributed by atoms with van der Waals surface area (Å²) in [6, 6.07) is 13.0. The van der Waals surface area contributed by atoms with E-state index in [0.29, 0.717) is 48.4 Å². The summed E-state index contributed by atoms with van der Waals surface area (Å²) in [5, 5.41) is 15.3. The van der Waals surface area contributed by atoms with E-state index in [9.17, 15) is 14.7 Å². The van der Waals surface area contributed by atoms with Crippen LogP contribution < -0.4 is 5.32 Å². The molecule has 5 rings (SSSR count). The summed E-state index contributed by atoms with van der Waals surface area (Å²) in [5.41, 5.74) is 3.36. The number of carboxylic acids is 1. The number of halogens is 2. The van der Waals surface area contributed by atoms with Gasteiger partial charge in [-0.15, -0.1) is 0 Å². The number of hydrogen-bond donors (Lipinski definition) is 3. The quantitative estimate of drug-likeness (QED) is 0.371. The number of benzene rings is 2. The maximum absolute atomic E-state index is 12.7. The normalized spacial score (nSPS) is 18.7. The second-order valence-corrected chi connectivity index (χ2v) is 10.9. The Morgan fingerprint density at radius 1 is 1.00 bits per heavy atom. The Morgan fingerprint density at radius 2 is 1.73 bits per heavy atom. The van der Waals surface area contributed by atoms with Crippen molar-refractivity contribution in [3.8, 4) is 0 Å². The van der Waals surface area contributed by atoms with E-state index in [4.69, 9.17) is 23.2 Å². The zero-order valence-electron chi connectivity index (χ0n) is 20.6. The molecule has 3 aromatic rings. The molecular formula is C28H32Cl2N4O3. The molecule has 0 bridgehead atoms. The minimum atomic E-state index is -0.756. The maximum atomic E-state index is 12.7. The fourth-order valence-corrected chi connectivity index (χ4v) is 6.25. The zero-order chi connectivity index (χ0) is 25.9. The predicted molar refractivity (Wildman–Crippen MR) is 146 cm³/mol. The summed E-state index contributed by atoms with van der Waals surface area (Å²) < 4.78 is 0. The third-order valence-corrected chi connectivity index (χ3v) is 8.68. The Morgan fingerprint density at radius 3 is 2.43 bits per heavy atom. The number of carboxylic acid groups (broad SMARTS) is 1. The van der Waals surface area contributed by atoms with E-state index < -0.39 is 12.0 Å². The standard InChI is InChI=1S/C28H32Cl2N4O3/c29-23-6-5-18(15-24(23)30)16-32-28(37)34-13-9-20(10-14-34)26(27(35)36)33-11-7-19(8-12-33)22-17-31-25-4-2-1-3-21(22)25/h1-6,15,17,19-20,26,31H,7-14,16H2,(H,32,37)(H,35,36). The number of H-pyrrole nitrogens is 1. The van der Waals surface area contributed by atoms with Crippen LogP contribution in [0.25, 0.3) is 10.9 Å². The number of piperidine rings is 2. The number of hydrogen-bond acceptors (Lipinski definition) is 3. The summed E-state index contributed by atoms with van der Waals surface area (Å²) in [7, 11) is 0. The lowest BCUT2D eigenvalue weighted by atomic mass is 9.84. The van der Waals surface area contributed by atoms with Crippen LogP contribution >= 0.6 is 23.2 Å². The Labute approximate surface area is 226 Å². The molecule has 9 heteroatoms. The number of carbonyl (C=O) groups is 2. The van der Waals surface area contributed by atoms with Gasteiger partial charge >= 0.3 is 12.0 Å². The van der Waals surface area contributed by atoms with E-state index in [0.717, 1.165) is 37.0 Å². The van der Waals surface area contributed by atoms with E-state index in [1.807, 2.05) is 12.1 Å². The van der Waals surface area contributed by atoms with E-state index in [1.165, 1.54) is 10.9 Å². The lowest BCUT2D eigenvalue weighted by molar-refractivity contribution is -0.147. The summed E-state index contributed by atoms with van der Waals surface area (Å²) in [6.07, 6.45) is 5.37. The molecule has 196 valence electrons. The number of carbonyl (C=O) groups excluding carboxylic acids is 1. The molecule has 1 aromatic heterocycles. The van der Waals surface area contributed by atoms with Gasteiger partial charge in [-0.2, -0.15) is 0 Å². The molecule has 3 N–H and O–H groups in total. The molecule has 7 nitrogen and oxygen atoms in total. The maximum Gasteiger partial charge on any atom is 0.321 e. The van der Waals surface area contributed by atoms with Gasteiger partial charge in [-0.1, -0.05) is 47.5 Å². The number of fused-ring (bicyclic) bond motifs is 1. The number of urea groups is 1. The van der Waals surface area contributed by atoms with Gasteiger partial charge < -0.3 is 20.3 Å². The largest absolute Gasteiger partial charge is 0.480 e. The zero-order valence-corrected chi connectivity index (χ0v) is 22.1. The number of para-hydroxylation sites is 1. The minimum absolute atomic E-state index is 0.0289. The molecule has 2 saturated heterocycles. The van der Waals surface area contributed by atoms with Gasteiger partial charge in [0, 0.05) is 36.7 Å². The van der Waals surface area contributed by atoms with Gasteiger partial charge in [0.25, 0.3) is 0 Å². The molecule has 0 aliphatic carbocycles. The Hall–Kier alpha value is -2.74. The molecule has 2 aromatic carbocycles. The molecule has 2 fully saturated rings. The van der Waals surface area contributed by atoms with Gasteiger partial charge in [-0.25, -0.2) is 4.79 Å². The van der Waals surface area contributed by atoms with Crippen molar-refractivity contribution in [2.45, 2.75) is 44.2 Å². The van der Waals surface area contributed by atoms with Gasteiger partial charge in [0.1, 0.15) is 6.04 Å². The van der Waals surface area contributed by atoms with Crippen molar-refractivity contribution < 1.29 is 14.7 Å². The Kier molecular flexibility index (Phi) is 7.93. The highest BCUT2D eigenvalue weighted by Crippen LogP contribution is 2.35. The van der Waals surface area contributed by atoms with Crippen LogP contribution in [0.1, 0.15) is 42.7 Å². The first-order valence-corrected chi connectivity index (χ1v) is 13.7.